The largest absolute Gasteiger partial charge is 0.319 e. The van der Waals surface area contributed by atoms with Gasteiger partial charge in [-0.05, 0) is 51.0 Å². The van der Waals surface area contributed by atoms with E-state index in [0.717, 1.165) is 5.52 Å². The van der Waals surface area contributed by atoms with Crippen molar-refractivity contribution in [3.05, 3.63) is 46.0 Å². The molecular weight excluding hydrogens is 308 g/mol. The zero-order chi connectivity index (χ0) is 16.7. The first-order valence-electron chi connectivity index (χ1n) is 7.58. The highest BCUT2D eigenvalue weighted by Gasteiger charge is 2.14. The van der Waals surface area contributed by atoms with Crippen LogP contribution in [0.1, 0.15) is 41.5 Å². The Kier molecular flexibility index (Phi) is 3.93. The van der Waals surface area contributed by atoms with Crippen molar-refractivity contribution in [1.29, 1.82) is 0 Å². The molecule has 3 rings (SSSR count). The molecule has 3 aromatic rings. The van der Waals surface area contributed by atoms with Gasteiger partial charge in [-0.2, -0.15) is 10.1 Å². The topological polar surface area (TPSA) is 52.2 Å². The van der Waals surface area contributed by atoms with Crippen molar-refractivity contribution in [1.82, 2.24) is 14.3 Å². The minimum absolute atomic E-state index is 0.125. The van der Waals surface area contributed by atoms with Crippen molar-refractivity contribution in [2.75, 3.05) is 0 Å². The standard InChI is InChI=1S/C17H20N4OS/c1-10(2)21-13(6-7-18-21)16(22)19-17-20(5)14-9-11(3)8-12(4)15(14)23-17/h6-10H,1-5H3. The molecule has 6 heteroatoms. The molecule has 1 amide bonds. The fourth-order valence-electron chi connectivity index (χ4n) is 2.71. The predicted molar refractivity (Wildman–Crippen MR) is 92.8 cm³/mol. The molecule has 2 aromatic heterocycles. The summed E-state index contributed by atoms with van der Waals surface area (Å²) in [5.41, 5.74) is 4.04. The lowest BCUT2D eigenvalue weighted by Gasteiger charge is -2.07. The molecule has 0 atom stereocenters. The monoisotopic (exact) mass is 328 g/mol. The Morgan fingerprint density at radius 1 is 1.30 bits per heavy atom. The van der Waals surface area contributed by atoms with Crippen molar-refractivity contribution in [2.24, 2.45) is 12.0 Å². The van der Waals surface area contributed by atoms with Crippen LogP contribution in [0.4, 0.5) is 0 Å². The Bertz CT molecular complexity index is 959. The van der Waals surface area contributed by atoms with Crippen LogP contribution >= 0.6 is 11.3 Å². The highest BCUT2D eigenvalue weighted by molar-refractivity contribution is 7.16. The maximum Gasteiger partial charge on any atom is 0.297 e. The van der Waals surface area contributed by atoms with Gasteiger partial charge in [-0.3, -0.25) is 9.48 Å². The van der Waals surface area contributed by atoms with Crippen LogP contribution in [0.2, 0.25) is 0 Å². The molecule has 0 fully saturated rings. The number of rotatable bonds is 2. The van der Waals surface area contributed by atoms with Crippen LogP contribution in [0.3, 0.4) is 0 Å². The number of amides is 1. The summed E-state index contributed by atoms with van der Waals surface area (Å²) in [6.45, 7) is 8.16. The van der Waals surface area contributed by atoms with Crippen molar-refractivity contribution in [2.45, 2.75) is 33.7 Å². The number of carbonyl (C=O) groups is 1. The van der Waals surface area contributed by atoms with Crippen molar-refractivity contribution in [3.8, 4) is 0 Å². The van der Waals surface area contributed by atoms with Gasteiger partial charge in [0, 0.05) is 19.3 Å². The fourth-order valence-corrected chi connectivity index (χ4v) is 3.78. The van der Waals surface area contributed by atoms with Gasteiger partial charge in [0.25, 0.3) is 5.91 Å². The Labute approximate surface area is 138 Å². The number of aryl methyl sites for hydroxylation is 3. The van der Waals surface area contributed by atoms with Gasteiger partial charge in [0.1, 0.15) is 5.69 Å². The minimum atomic E-state index is -0.257. The summed E-state index contributed by atoms with van der Waals surface area (Å²) in [5, 5.41) is 4.20. The first kappa shape index (κ1) is 15.7. The van der Waals surface area contributed by atoms with Gasteiger partial charge in [0.05, 0.1) is 10.2 Å². The lowest BCUT2D eigenvalue weighted by molar-refractivity contribution is 0.0986. The second-order valence-electron chi connectivity index (χ2n) is 6.05. The molecule has 1 aromatic carbocycles. The van der Waals surface area contributed by atoms with Gasteiger partial charge >= 0.3 is 0 Å². The molecule has 0 radical (unpaired) electrons. The zero-order valence-corrected chi connectivity index (χ0v) is 14.8. The Hall–Kier alpha value is -2.21. The maximum absolute atomic E-state index is 12.5. The summed E-state index contributed by atoms with van der Waals surface area (Å²) in [7, 11) is 1.95. The molecule has 0 aliphatic rings. The first-order valence-corrected chi connectivity index (χ1v) is 8.39. The lowest BCUT2D eigenvalue weighted by Crippen LogP contribution is -2.16. The second-order valence-corrected chi connectivity index (χ2v) is 7.02. The van der Waals surface area contributed by atoms with Crippen LogP contribution in [0, 0.1) is 13.8 Å². The first-order chi connectivity index (χ1) is 10.9. The van der Waals surface area contributed by atoms with E-state index in [9.17, 15) is 4.79 Å². The minimum Gasteiger partial charge on any atom is -0.319 e. The molecule has 0 saturated heterocycles. The summed E-state index contributed by atoms with van der Waals surface area (Å²) in [4.78, 5) is 17.6. The summed E-state index contributed by atoms with van der Waals surface area (Å²) < 4.78 is 4.85. The van der Waals surface area contributed by atoms with Crippen LogP contribution in [-0.2, 0) is 7.05 Å². The van der Waals surface area contributed by atoms with Gasteiger partial charge in [-0.1, -0.05) is 17.4 Å². The molecule has 0 N–H and O–H groups in total. The summed E-state index contributed by atoms with van der Waals surface area (Å²) in [6, 6.07) is 6.12. The quantitative estimate of drug-likeness (QED) is 0.724. The van der Waals surface area contributed by atoms with Crippen molar-refractivity contribution in [3.63, 3.8) is 0 Å². The summed E-state index contributed by atoms with van der Waals surface area (Å²) in [5.74, 6) is -0.257. The third kappa shape index (κ3) is 2.74. The highest BCUT2D eigenvalue weighted by atomic mass is 32.1. The van der Waals surface area contributed by atoms with E-state index in [4.69, 9.17) is 0 Å². The fraction of sp³-hybridized carbons (Fsp3) is 0.353. The van der Waals surface area contributed by atoms with Crippen LogP contribution < -0.4 is 4.80 Å². The van der Waals surface area contributed by atoms with Crippen LogP contribution in [-0.4, -0.2) is 20.3 Å². The van der Waals surface area contributed by atoms with Gasteiger partial charge in [-0.15, -0.1) is 0 Å². The highest BCUT2D eigenvalue weighted by Crippen LogP contribution is 2.22. The number of aromatic nitrogens is 3. The van der Waals surface area contributed by atoms with E-state index in [1.807, 2.05) is 25.5 Å². The number of thiazole rings is 1. The molecule has 0 aliphatic heterocycles. The molecule has 0 aliphatic carbocycles. The van der Waals surface area contributed by atoms with Crippen molar-refractivity contribution >= 4 is 27.5 Å². The number of carbonyl (C=O) groups excluding carboxylic acids is 1. The van der Waals surface area contributed by atoms with E-state index in [2.05, 4.69) is 36.1 Å². The molecule has 2 heterocycles. The van der Waals surface area contributed by atoms with Crippen molar-refractivity contribution < 1.29 is 4.79 Å². The Morgan fingerprint density at radius 2 is 2.04 bits per heavy atom. The van der Waals surface area contributed by atoms with Crippen LogP contribution in [0.15, 0.2) is 29.4 Å². The molecular formula is C17H20N4OS. The van der Waals surface area contributed by atoms with E-state index < -0.39 is 0 Å². The predicted octanol–water partition coefficient (Wildman–Crippen LogP) is 3.38. The van der Waals surface area contributed by atoms with E-state index in [1.54, 1.807) is 28.3 Å². The van der Waals surface area contributed by atoms with Crippen LogP contribution in [0.25, 0.3) is 10.2 Å². The average molecular weight is 328 g/mol. The average Bonchev–Trinajstić information content (AvgIpc) is 3.07. The normalized spacial score (nSPS) is 12.5. The maximum atomic E-state index is 12.5. The zero-order valence-electron chi connectivity index (χ0n) is 14.0. The molecule has 120 valence electrons. The number of nitrogens with zero attached hydrogens (tertiary/aromatic N) is 4. The van der Waals surface area contributed by atoms with E-state index in [0.29, 0.717) is 10.5 Å². The van der Waals surface area contributed by atoms with E-state index in [1.165, 1.54) is 15.8 Å². The molecule has 23 heavy (non-hydrogen) atoms. The second kappa shape index (κ2) is 5.77. The van der Waals surface area contributed by atoms with Crippen LogP contribution in [0.5, 0.6) is 0 Å². The van der Waals surface area contributed by atoms with E-state index in [-0.39, 0.29) is 11.9 Å². The Morgan fingerprint density at radius 3 is 2.74 bits per heavy atom. The van der Waals surface area contributed by atoms with Gasteiger partial charge < -0.3 is 4.57 Å². The van der Waals surface area contributed by atoms with E-state index >= 15 is 0 Å². The van der Waals surface area contributed by atoms with Gasteiger partial charge in [0.2, 0.25) is 0 Å². The molecule has 0 bridgehead atoms. The molecule has 5 nitrogen and oxygen atoms in total. The summed E-state index contributed by atoms with van der Waals surface area (Å²) >= 11 is 1.54. The number of hydrogen-bond donors (Lipinski definition) is 0. The smallest absolute Gasteiger partial charge is 0.297 e. The molecule has 0 unspecified atom stereocenters. The van der Waals surface area contributed by atoms with Gasteiger partial charge in [-0.25, -0.2) is 0 Å². The lowest BCUT2D eigenvalue weighted by atomic mass is 10.1. The third-order valence-corrected chi connectivity index (χ3v) is 5.10. The number of fused-ring (bicyclic) bond motifs is 1. The number of hydrogen-bond acceptors (Lipinski definition) is 3. The SMILES string of the molecule is Cc1cc(C)c2sc(=NC(=O)c3ccnn3C(C)C)n(C)c2c1. The van der Waals surface area contributed by atoms with Gasteiger partial charge in [0.15, 0.2) is 4.80 Å². The Balaban J connectivity index is 2.14. The summed E-state index contributed by atoms with van der Waals surface area (Å²) in [6.07, 6.45) is 1.64. The number of benzene rings is 1. The molecule has 0 saturated carbocycles. The third-order valence-electron chi connectivity index (χ3n) is 3.82. The molecule has 0 spiro atoms.